The molecule has 1 amide bonds. The lowest BCUT2D eigenvalue weighted by molar-refractivity contribution is -0.109. The summed E-state index contributed by atoms with van der Waals surface area (Å²) >= 11 is 0. The summed E-state index contributed by atoms with van der Waals surface area (Å²) in [6, 6.07) is 0.00987. The van der Waals surface area contributed by atoms with Crippen molar-refractivity contribution in [3.63, 3.8) is 0 Å². The number of rotatable bonds is 8. The first kappa shape index (κ1) is 17.9. The van der Waals surface area contributed by atoms with E-state index in [0.717, 1.165) is 25.7 Å². The van der Waals surface area contributed by atoms with Gasteiger partial charge in [0.25, 0.3) is 0 Å². The Morgan fingerprint density at radius 1 is 1.26 bits per heavy atom. The maximum Gasteiger partial charge on any atom is 0.408 e. The molecule has 0 aliphatic rings. The molecule has 0 saturated heterocycles. The second-order valence-electron chi connectivity index (χ2n) is 5.99. The van der Waals surface area contributed by atoms with Crippen LogP contribution in [0.3, 0.4) is 0 Å². The Kier molecular flexibility index (Phi) is 8.39. The van der Waals surface area contributed by atoms with E-state index in [1.54, 1.807) is 20.8 Å². The lowest BCUT2D eigenvalue weighted by atomic mass is 10.1. The van der Waals surface area contributed by atoms with Crippen molar-refractivity contribution in [2.24, 2.45) is 0 Å². The third kappa shape index (κ3) is 11.7. The van der Waals surface area contributed by atoms with Gasteiger partial charge in [-0.05, 0) is 46.6 Å². The normalized spacial score (nSPS) is 13.2. The summed E-state index contributed by atoms with van der Waals surface area (Å²) in [5, 5.41) is 5.88. The molecule has 0 saturated carbocycles. The fraction of sp³-hybridized carbons (Fsp3) is 0.857. The van der Waals surface area contributed by atoms with Gasteiger partial charge in [-0.15, -0.1) is 0 Å². The van der Waals surface area contributed by atoms with Crippen molar-refractivity contribution in [2.45, 2.75) is 71.6 Å². The zero-order chi connectivity index (χ0) is 14.9. The summed E-state index contributed by atoms with van der Waals surface area (Å²) in [5.74, 6) is 0. The Morgan fingerprint density at radius 3 is 2.37 bits per heavy atom. The number of amides is 1. The van der Waals surface area contributed by atoms with Gasteiger partial charge < -0.3 is 20.2 Å². The predicted molar refractivity (Wildman–Crippen MR) is 76.2 cm³/mol. The number of aldehydes is 1. The summed E-state index contributed by atoms with van der Waals surface area (Å²) in [4.78, 5) is 22.4. The number of hydrogen-bond acceptors (Lipinski definition) is 4. The highest BCUT2D eigenvalue weighted by Crippen LogP contribution is 2.07. The Morgan fingerprint density at radius 2 is 1.89 bits per heavy atom. The van der Waals surface area contributed by atoms with Crippen LogP contribution >= 0.6 is 0 Å². The minimum atomic E-state index is -0.543. The van der Waals surface area contributed by atoms with Crippen LogP contribution < -0.4 is 10.6 Å². The SMILES string of the molecule is CC(C)NCCCC[C@@H](C=O)NC(=O)OC(C)(C)C. The first-order valence-corrected chi connectivity index (χ1v) is 6.93. The molecule has 5 heteroatoms. The molecule has 0 rings (SSSR count). The van der Waals surface area contributed by atoms with Gasteiger partial charge in [-0.3, -0.25) is 0 Å². The molecule has 0 aromatic heterocycles. The number of unbranched alkanes of at least 4 members (excludes halogenated alkanes) is 1. The van der Waals surface area contributed by atoms with Gasteiger partial charge in [0.2, 0.25) is 0 Å². The van der Waals surface area contributed by atoms with E-state index < -0.39 is 17.7 Å². The molecule has 19 heavy (non-hydrogen) atoms. The van der Waals surface area contributed by atoms with Crippen LogP contribution in [-0.2, 0) is 9.53 Å². The maximum absolute atomic E-state index is 11.5. The van der Waals surface area contributed by atoms with E-state index in [0.29, 0.717) is 12.5 Å². The van der Waals surface area contributed by atoms with Gasteiger partial charge in [0.15, 0.2) is 0 Å². The third-order valence-electron chi connectivity index (χ3n) is 2.36. The largest absolute Gasteiger partial charge is 0.444 e. The molecule has 0 unspecified atom stereocenters. The Hall–Kier alpha value is -1.10. The Bertz CT molecular complexity index is 272. The zero-order valence-corrected chi connectivity index (χ0v) is 12.8. The highest BCUT2D eigenvalue weighted by Gasteiger charge is 2.18. The molecule has 0 aromatic carbocycles. The molecule has 0 aliphatic heterocycles. The topological polar surface area (TPSA) is 67.4 Å². The lowest BCUT2D eigenvalue weighted by Crippen LogP contribution is -2.40. The average Bonchev–Trinajstić information content (AvgIpc) is 2.24. The molecule has 0 spiro atoms. The fourth-order valence-corrected chi connectivity index (χ4v) is 1.51. The molecule has 2 N–H and O–H groups in total. The van der Waals surface area contributed by atoms with Crippen LogP contribution in [0.1, 0.15) is 53.9 Å². The van der Waals surface area contributed by atoms with Crippen molar-refractivity contribution in [1.82, 2.24) is 10.6 Å². The molecule has 0 fully saturated rings. The van der Waals surface area contributed by atoms with E-state index in [9.17, 15) is 9.59 Å². The number of hydrogen-bond donors (Lipinski definition) is 2. The summed E-state index contributed by atoms with van der Waals surface area (Å²) in [6.07, 6.45) is 2.74. The van der Waals surface area contributed by atoms with E-state index in [-0.39, 0.29) is 0 Å². The highest BCUT2D eigenvalue weighted by atomic mass is 16.6. The number of carbonyl (C=O) groups excluding carboxylic acids is 2. The maximum atomic E-state index is 11.5. The molecule has 112 valence electrons. The van der Waals surface area contributed by atoms with Crippen molar-refractivity contribution in [2.75, 3.05) is 6.54 Å². The van der Waals surface area contributed by atoms with Crippen molar-refractivity contribution in [3.05, 3.63) is 0 Å². The second kappa shape index (κ2) is 8.91. The van der Waals surface area contributed by atoms with E-state index in [4.69, 9.17) is 4.74 Å². The van der Waals surface area contributed by atoms with Crippen LogP contribution in [0, 0.1) is 0 Å². The summed E-state index contributed by atoms with van der Waals surface area (Å²) in [5.41, 5.74) is -0.543. The van der Waals surface area contributed by atoms with E-state index in [1.165, 1.54) is 0 Å². The first-order chi connectivity index (χ1) is 8.74. The average molecular weight is 272 g/mol. The van der Waals surface area contributed by atoms with Crippen molar-refractivity contribution in [1.29, 1.82) is 0 Å². The molecular weight excluding hydrogens is 244 g/mol. The summed E-state index contributed by atoms with van der Waals surface area (Å²) < 4.78 is 5.11. The van der Waals surface area contributed by atoms with E-state index in [1.807, 2.05) is 0 Å². The molecule has 5 nitrogen and oxygen atoms in total. The van der Waals surface area contributed by atoms with Gasteiger partial charge in [-0.1, -0.05) is 13.8 Å². The minimum Gasteiger partial charge on any atom is -0.444 e. The highest BCUT2D eigenvalue weighted by molar-refractivity contribution is 5.73. The number of ether oxygens (including phenoxy) is 1. The molecular formula is C14H28N2O3. The molecule has 1 atom stereocenters. The predicted octanol–water partition coefficient (Wildman–Crippen LogP) is 2.25. The van der Waals surface area contributed by atoms with Crippen molar-refractivity contribution >= 4 is 12.4 Å². The second-order valence-corrected chi connectivity index (χ2v) is 5.99. The molecule has 0 aliphatic carbocycles. The van der Waals surface area contributed by atoms with Crippen LogP contribution in [0.2, 0.25) is 0 Å². The van der Waals surface area contributed by atoms with Crippen LogP contribution in [0.5, 0.6) is 0 Å². The Balaban J connectivity index is 3.83. The minimum absolute atomic E-state index is 0.464. The van der Waals surface area contributed by atoms with Gasteiger partial charge in [0, 0.05) is 6.04 Å². The Labute approximate surface area is 116 Å². The van der Waals surface area contributed by atoms with Gasteiger partial charge in [-0.2, -0.15) is 0 Å². The molecule has 0 aromatic rings. The van der Waals surface area contributed by atoms with Crippen molar-refractivity contribution < 1.29 is 14.3 Å². The van der Waals surface area contributed by atoms with Crippen LogP contribution in [0.15, 0.2) is 0 Å². The lowest BCUT2D eigenvalue weighted by Gasteiger charge is -2.21. The van der Waals surface area contributed by atoms with Crippen LogP contribution in [0.25, 0.3) is 0 Å². The van der Waals surface area contributed by atoms with Crippen LogP contribution in [0.4, 0.5) is 4.79 Å². The zero-order valence-electron chi connectivity index (χ0n) is 12.8. The van der Waals surface area contributed by atoms with Gasteiger partial charge in [-0.25, -0.2) is 4.79 Å². The molecule has 0 heterocycles. The number of alkyl carbamates (subject to hydrolysis) is 1. The summed E-state index contributed by atoms with van der Waals surface area (Å²) in [7, 11) is 0. The fourth-order valence-electron chi connectivity index (χ4n) is 1.51. The van der Waals surface area contributed by atoms with Crippen molar-refractivity contribution in [3.8, 4) is 0 Å². The van der Waals surface area contributed by atoms with Gasteiger partial charge >= 0.3 is 6.09 Å². The smallest absolute Gasteiger partial charge is 0.408 e. The third-order valence-corrected chi connectivity index (χ3v) is 2.36. The van der Waals surface area contributed by atoms with Gasteiger partial charge in [0.1, 0.15) is 11.9 Å². The van der Waals surface area contributed by atoms with E-state index in [2.05, 4.69) is 24.5 Å². The summed E-state index contributed by atoms with van der Waals surface area (Å²) in [6.45, 7) is 10.5. The first-order valence-electron chi connectivity index (χ1n) is 6.93. The number of carbonyl (C=O) groups is 2. The molecule has 0 bridgehead atoms. The van der Waals surface area contributed by atoms with E-state index >= 15 is 0 Å². The van der Waals surface area contributed by atoms with Crippen LogP contribution in [-0.4, -0.2) is 36.6 Å². The number of nitrogens with one attached hydrogen (secondary N) is 2. The monoisotopic (exact) mass is 272 g/mol. The van der Waals surface area contributed by atoms with Gasteiger partial charge in [0.05, 0.1) is 6.04 Å². The quantitative estimate of drug-likeness (QED) is 0.525. The standard InChI is InChI=1S/C14H28N2O3/c1-11(2)15-9-7-6-8-12(10-17)16-13(18)19-14(3,4)5/h10-12,15H,6-9H2,1-5H3,(H,16,18)/t12-/m0/s1. The molecule has 0 radical (unpaired) electrons.